The highest BCUT2D eigenvalue weighted by atomic mass is 35.5. The number of nitrogens with zero attached hydrogens (tertiary/aromatic N) is 2. The summed E-state index contributed by atoms with van der Waals surface area (Å²) in [6.07, 6.45) is 1.70. The Balaban J connectivity index is 1.83. The third kappa shape index (κ3) is 4.40. The first kappa shape index (κ1) is 23.1. The van der Waals surface area contributed by atoms with E-state index in [0.29, 0.717) is 31.4 Å². The maximum absolute atomic E-state index is 13.7. The monoisotopic (exact) mass is 504 g/mol. The standard InChI is InChI=1S/C27H21ClN2O4S/c1-3-33-26(32)22-23(17-7-5-4-6-8-17)29-27-30(24(22)18-10-12-19(28)13-11-18)25(31)21(35-27)15-20-14-9-16(2)34-20/h4-15,24H,3H2,1-2H3/b21-15-/t24-/m1/s1. The van der Waals surface area contributed by atoms with E-state index in [4.69, 9.17) is 25.7 Å². The number of aromatic nitrogens is 1. The smallest absolute Gasteiger partial charge is 0.338 e. The minimum absolute atomic E-state index is 0.194. The van der Waals surface area contributed by atoms with E-state index >= 15 is 0 Å². The third-order valence-corrected chi connectivity index (χ3v) is 6.83. The number of thiazole rings is 1. The molecule has 5 rings (SSSR count). The van der Waals surface area contributed by atoms with E-state index in [9.17, 15) is 9.59 Å². The van der Waals surface area contributed by atoms with Crippen LogP contribution in [0.25, 0.3) is 11.8 Å². The summed E-state index contributed by atoms with van der Waals surface area (Å²) in [5.41, 5.74) is 1.99. The Morgan fingerprint density at radius 2 is 1.89 bits per heavy atom. The number of aryl methyl sites for hydroxylation is 1. The Bertz CT molecular complexity index is 1610. The Morgan fingerprint density at radius 3 is 2.54 bits per heavy atom. The molecule has 0 unspecified atom stereocenters. The lowest BCUT2D eigenvalue weighted by atomic mass is 9.93. The largest absolute Gasteiger partial charge is 0.463 e. The van der Waals surface area contributed by atoms with Crippen molar-refractivity contribution in [2.75, 3.05) is 6.61 Å². The first-order valence-corrected chi connectivity index (χ1v) is 12.3. The number of hydrogen-bond donors (Lipinski definition) is 0. The second kappa shape index (κ2) is 9.52. The molecule has 2 aromatic heterocycles. The number of esters is 1. The molecule has 0 bridgehead atoms. The van der Waals surface area contributed by atoms with Crippen molar-refractivity contribution in [2.45, 2.75) is 19.9 Å². The van der Waals surface area contributed by atoms with Crippen LogP contribution in [-0.2, 0) is 9.53 Å². The van der Waals surface area contributed by atoms with Crippen molar-refractivity contribution in [3.05, 3.63) is 120 Å². The highest BCUT2D eigenvalue weighted by Crippen LogP contribution is 2.35. The predicted molar refractivity (Wildman–Crippen MR) is 136 cm³/mol. The van der Waals surface area contributed by atoms with Gasteiger partial charge in [-0.05, 0) is 43.7 Å². The zero-order valence-corrected chi connectivity index (χ0v) is 20.6. The van der Waals surface area contributed by atoms with E-state index < -0.39 is 12.0 Å². The van der Waals surface area contributed by atoms with Gasteiger partial charge in [0.1, 0.15) is 11.5 Å². The number of rotatable bonds is 5. The van der Waals surface area contributed by atoms with Crippen LogP contribution in [-0.4, -0.2) is 17.1 Å². The fraction of sp³-hybridized carbons (Fsp3) is 0.148. The number of hydrogen-bond acceptors (Lipinski definition) is 6. The summed E-state index contributed by atoms with van der Waals surface area (Å²) >= 11 is 7.40. The number of carbonyl (C=O) groups excluding carboxylic acids is 1. The molecule has 0 fully saturated rings. The van der Waals surface area contributed by atoms with Gasteiger partial charge in [-0.25, -0.2) is 9.79 Å². The summed E-state index contributed by atoms with van der Waals surface area (Å²) in [6.45, 7) is 3.79. The minimum atomic E-state index is -0.738. The lowest BCUT2D eigenvalue weighted by Gasteiger charge is -2.25. The van der Waals surface area contributed by atoms with E-state index in [2.05, 4.69) is 0 Å². The van der Waals surface area contributed by atoms with Crippen LogP contribution in [0.15, 0.2) is 86.5 Å². The lowest BCUT2D eigenvalue weighted by Crippen LogP contribution is -2.39. The Labute approximate surface area is 210 Å². The molecule has 0 saturated heterocycles. The van der Waals surface area contributed by atoms with Gasteiger partial charge in [-0.15, -0.1) is 0 Å². The molecule has 0 saturated carbocycles. The van der Waals surface area contributed by atoms with Crippen LogP contribution in [0, 0.1) is 6.92 Å². The molecule has 0 amide bonds. The van der Waals surface area contributed by atoms with Gasteiger partial charge in [-0.3, -0.25) is 9.36 Å². The molecule has 3 heterocycles. The zero-order valence-electron chi connectivity index (χ0n) is 19.0. The van der Waals surface area contributed by atoms with E-state index in [1.165, 1.54) is 11.3 Å². The fourth-order valence-electron chi connectivity index (χ4n) is 4.06. The van der Waals surface area contributed by atoms with Gasteiger partial charge in [-0.2, -0.15) is 0 Å². The molecular weight excluding hydrogens is 484 g/mol. The van der Waals surface area contributed by atoms with Crippen LogP contribution in [0.2, 0.25) is 5.02 Å². The van der Waals surface area contributed by atoms with Crippen molar-refractivity contribution in [2.24, 2.45) is 4.99 Å². The molecule has 2 aromatic carbocycles. The average Bonchev–Trinajstić information content (AvgIpc) is 3.41. The molecule has 0 radical (unpaired) electrons. The first-order chi connectivity index (χ1) is 17.0. The van der Waals surface area contributed by atoms with Crippen LogP contribution in [0.4, 0.5) is 0 Å². The van der Waals surface area contributed by atoms with Gasteiger partial charge in [0.25, 0.3) is 5.56 Å². The molecule has 6 nitrogen and oxygen atoms in total. The Hall–Kier alpha value is -3.68. The number of halogens is 1. The molecule has 0 spiro atoms. The van der Waals surface area contributed by atoms with Crippen LogP contribution in [0.5, 0.6) is 0 Å². The van der Waals surface area contributed by atoms with E-state index in [-0.39, 0.29) is 12.2 Å². The summed E-state index contributed by atoms with van der Waals surface area (Å²) in [5.74, 6) is 0.800. The molecule has 1 aliphatic rings. The maximum Gasteiger partial charge on any atom is 0.338 e. The summed E-state index contributed by atoms with van der Waals surface area (Å²) in [5, 5.41) is 0.555. The van der Waals surface area contributed by atoms with Gasteiger partial charge >= 0.3 is 5.97 Å². The first-order valence-electron chi connectivity index (χ1n) is 11.1. The molecule has 1 atom stereocenters. The minimum Gasteiger partial charge on any atom is -0.463 e. The average molecular weight is 505 g/mol. The van der Waals surface area contributed by atoms with Gasteiger partial charge in [0.15, 0.2) is 4.80 Å². The molecule has 0 aliphatic carbocycles. The molecule has 4 aromatic rings. The van der Waals surface area contributed by atoms with Crippen molar-refractivity contribution in [1.82, 2.24) is 4.57 Å². The van der Waals surface area contributed by atoms with E-state index in [0.717, 1.165) is 16.9 Å². The second-order valence-electron chi connectivity index (χ2n) is 7.93. The zero-order chi connectivity index (χ0) is 24.5. The summed E-state index contributed by atoms with van der Waals surface area (Å²) in [7, 11) is 0. The third-order valence-electron chi connectivity index (χ3n) is 5.59. The molecule has 176 valence electrons. The van der Waals surface area contributed by atoms with Gasteiger partial charge in [0, 0.05) is 16.7 Å². The molecular formula is C27H21ClN2O4S. The van der Waals surface area contributed by atoms with Crippen molar-refractivity contribution < 1.29 is 13.9 Å². The van der Waals surface area contributed by atoms with Gasteiger partial charge in [0.2, 0.25) is 0 Å². The Kier molecular flexibility index (Phi) is 6.28. The highest BCUT2D eigenvalue weighted by molar-refractivity contribution is 7.07. The molecule has 35 heavy (non-hydrogen) atoms. The van der Waals surface area contributed by atoms with E-state index in [1.54, 1.807) is 29.7 Å². The van der Waals surface area contributed by atoms with Crippen LogP contribution >= 0.6 is 22.9 Å². The van der Waals surface area contributed by atoms with Gasteiger partial charge in [-0.1, -0.05) is 65.4 Å². The number of ether oxygens (including phenoxy) is 1. The number of benzene rings is 2. The summed E-state index contributed by atoms with van der Waals surface area (Å²) in [4.78, 5) is 32.3. The lowest BCUT2D eigenvalue weighted by molar-refractivity contribution is -0.138. The Morgan fingerprint density at radius 1 is 1.14 bits per heavy atom. The maximum atomic E-state index is 13.7. The summed E-state index contributed by atoms with van der Waals surface area (Å²) < 4.78 is 13.1. The molecule has 1 aliphatic heterocycles. The number of fused-ring (bicyclic) bond motifs is 1. The van der Waals surface area contributed by atoms with Crippen LogP contribution in [0.3, 0.4) is 0 Å². The van der Waals surface area contributed by atoms with Crippen molar-refractivity contribution in [3.63, 3.8) is 0 Å². The number of carbonyl (C=O) groups is 1. The van der Waals surface area contributed by atoms with E-state index in [1.807, 2.05) is 61.5 Å². The SMILES string of the molecule is CCOC(=O)C1=C(c2ccccc2)N=c2s/c(=C\c3ccc(C)o3)c(=O)n2[C@@H]1c1ccc(Cl)cc1. The van der Waals surface area contributed by atoms with Gasteiger partial charge < -0.3 is 9.15 Å². The van der Waals surface area contributed by atoms with Crippen molar-refractivity contribution >= 4 is 40.7 Å². The van der Waals surface area contributed by atoms with Crippen molar-refractivity contribution in [1.29, 1.82) is 0 Å². The predicted octanol–water partition coefficient (Wildman–Crippen LogP) is 4.49. The quantitative estimate of drug-likeness (QED) is 0.375. The molecule has 8 heteroatoms. The fourth-order valence-corrected chi connectivity index (χ4v) is 5.17. The van der Waals surface area contributed by atoms with Crippen LogP contribution in [0.1, 0.15) is 35.6 Å². The normalized spacial score (nSPS) is 15.6. The molecule has 0 N–H and O–H groups in total. The highest BCUT2D eigenvalue weighted by Gasteiger charge is 2.35. The topological polar surface area (TPSA) is 73.8 Å². The van der Waals surface area contributed by atoms with Crippen molar-refractivity contribution in [3.8, 4) is 0 Å². The van der Waals surface area contributed by atoms with Crippen LogP contribution < -0.4 is 14.9 Å². The summed E-state index contributed by atoms with van der Waals surface area (Å²) in [6, 6.07) is 19.4. The second-order valence-corrected chi connectivity index (χ2v) is 9.38. The number of furan rings is 1. The van der Waals surface area contributed by atoms with Gasteiger partial charge in [0.05, 0.1) is 28.5 Å².